The van der Waals surface area contributed by atoms with Gasteiger partial charge in [0.25, 0.3) is 0 Å². The van der Waals surface area contributed by atoms with E-state index in [-0.39, 0.29) is 6.03 Å². The van der Waals surface area contributed by atoms with Gasteiger partial charge in [-0.05, 0) is 0 Å². The van der Waals surface area contributed by atoms with Gasteiger partial charge in [0.05, 0.1) is 0 Å². The molecule has 1 atom stereocenters. The molecule has 0 bridgehead atoms. The molecule has 0 aromatic heterocycles. The van der Waals surface area contributed by atoms with Crippen LogP contribution in [0.3, 0.4) is 0 Å². The van der Waals surface area contributed by atoms with Crippen LogP contribution in [0.2, 0.25) is 13.3 Å². The maximum absolute atomic E-state index is 12.9. The predicted octanol–water partition coefficient (Wildman–Crippen LogP) is 6.94. The van der Waals surface area contributed by atoms with Crippen LogP contribution < -0.4 is 0 Å². The van der Waals surface area contributed by atoms with Gasteiger partial charge in [0.2, 0.25) is 0 Å². The summed E-state index contributed by atoms with van der Waals surface area (Å²) in [6.45, 7) is 9.27. The fourth-order valence-corrected chi connectivity index (χ4v) is 23.4. The molecule has 0 aromatic rings. The maximum atomic E-state index is 12.9. The number of rotatable bonds is 15. The molecule has 0 aliphatic heterocycles. The topological polar surface area (TPSA) is 23.6 Å². The normalized spacial score (nSPS) is 12.9. The molecule has 0 aliphatic rings. The molecule has 0 aromatic carbocycles. The van der Waals surface area contributed by atoms with Gasteiger partial charge in [-0.1, -0.05) is 0 Å². The molecule has 0 saturated heterocycles. The fraction of sp³-hybridized carbons (Fsp3) is 0.955. The minimum absolute atomic E-state index is 0.220. The Kier molecular flexibility index (Phi) is 15.1. The van der Waals surface area contributed by atoms with Gasteiger partial charge in [-0.25, -0.2) is 0 Å². The minimum atomic E-state index is -2.46. The Morgan fingerprint density at radius 2 is 1.15 bits per heavy atom. The molecule has 0 aliphatic carbocycles. The number of amides is 2. The molecule has 26 heavy (non-hydrogen) atoms. The van der Waals surface area contributed by atoms with Crippen molar-refractivity contribution in [2.75, 3.05) is 21.1 Å². The van der Waals surface area contributed by atoms with E-state index in [2.05, 4.69) is 39.6 Å². The number of hydrogen-bond donors (Lipinski definition) is 0. The third kappa shape index (κ3) is 8.84. The van der Waals surface area contributed by atoms with Crippen molar-refractivity contribution in [2.24, 2.45) is 0 Å². The molecule has 2 amide bonds. The average molecular weight is 475 g/mol. The molecule has 4 heteroatoms. The predicted molar refractivity (Wildman–Crippen MR) is 120 cm³/mol. The molecule has 0 spiro atoms. The summed E-state index contributed by atoms with van der Waals surface area (Å²) in [6, 6.07) is 0.220. The molecular formula is C22H48N2OSn. The van der Waals surface area contributed by atoms with Gasteiger partial charge in [-0.3, -0.25) is 0 Å². The molecule has 156 valence electrons. The van der Waals surface area contributed by atoms with Gasteiger partial charge >= 0.3 is 169 Å². The summed E-state index contributed by atoms with van der Waals surface area (Å²) in [6.07, 6.45) is 13.1. The van der Waals surface area contributed by atoms with Crippen LogP contribution in [0, 0.1) is 0 Å². The monoisotopic (exact) mass is 476 g/mol. The second kappa shape index (κ2) is 15.0. The summed E-state index contributed by atoms with van der Waals surface area (Å²) >= 11 is -2.46. The second-order valence-electron chi connectivity index (χ2n) is 8.47. The SMILES string of the molecule is CCCCC[CH](N(C)C(=O)N(C)C)[Sn]([CH2]CCC)([CH2]CCC)[CH2]CCC. The molecule has 0 radical (unpaired) electrons. The van der Waals surface area contributed by atoms with Crippen molar-refractivity contribution in [3.8, 4) is 0 Å². The summed E-state index contributed by atoms with van der Waals surface area (Å²) in [5.74, 6) is 0. The van der Waals surface area contributed by atoms with Crippen molar-refractivity contribution >= 4 is 24.4 Å². The van der Waals surface area contributed by atoms with E-state index in [0.29, 0.717) is 4.06 Å². The van der Waals surface area contributed by atoms with Crippen molar-refractivity contribution in [2.45, 2.75) is 109 Å². The van der Waals surface area contributed by atoms with E-state index in [9.17, 15) is 4.79 Å². The fourth-order valence-electron chi connectivity index (χ4n) is 4.41. The quantitative estimate of drug-likeness (QED) is 0.186. The van der Waals surface area contributed by atoms with Crippen LogP contribution in [0.4, 0.5) is 4.79 Å². The average Bonchev–Trinajstić information content (AvgIpc) is 2.64. The van der Waals surface area contributed by atoms with Crippen LogP contribution >= 0.6 is 0 Å². The van der Waals surface area contributed by atoms with E-state index in [1.165, 1.54) is 77.5 Å². The number of urea groups is 1. The Hall–Kier alpha value is 0.0687. The van der Waals surface area contributed by atoms with Crippen LogP contribution in [0.1, 0.15) is 91.9 Å². The van der Waals surface area contributed by atoms with Gasteiger partial charge < -0.3 is 0 Å². The zero-order valence-corrected chi connectivity index (χ0v) is 21.9. The first-order chi connectivity index (χ1) is 12.4. The Morgan fingerprint density at radius 3 is 1.50 bits per heavy atom. The first kappa shape index (κ1) is 26.1. The van der Waals surface area contributed by atoms with Crippen molar-refractivity contribution in [3.05, 3.63) is 0 Å². The summed E-state index contributed by atoms with van der Waals surface area (Å²) in [4.78, 5) is 16.8. The number of nitrogens with zero attached hydrogens (tertiary/aromatic N) is 2. The summed E-state index contributed by atoms with van der Waals surface area (Å²) in [7, 11) is 5.92. The van der Waals surface area contributed by atoms with Crippen LogP contribution in [0.15, 0.2) is 0 Å². The van der Waals surface area contributed by atoms with Gasteiger partial charge in [0, 0.05) is 0 Å². The number of unbranched alkanes of at least 4 members (excludes halogenated alkanes) is 5. The van der Waals surface area contributed by atoms with Crippen LogP contribution in [-0.2, 0) is 0 Å². The molecule has 1 unspecified atom stereocenters. The van der Waals surface area contributed by atoms with Crippen molar-refractivity contribution in [1.29, 1.82) is 0 Å². The Balaban J connectivity index is 5.75. The second-order valence-corrected chi connectivity index (χ2v) is 22.4. The van der Waals surface area contributed by atoms with E-state index in [4.69, 9.17) is 0 Å². The van der Waals surface area contributed by atoms with E-state index in [1.807, 2.05) is 14.1 Å². The first-order valence-electron chi connectivity index (χ1n) is 11.3. The van der Waals surface area contributed by atoms with E-state index >= 15 is 0 Å². The van der Waals surface area contributed by atoms with E-state index in [0.717, 1.165) is 0 Å². The standard InChI is InChI=1S/C10H21N2O.3C4H9.Sn/c1-5-6-7-8-9-12(4)10(13)11(2)3;3*1-3-4-2;/h9H,5-8H2,1-4H3;3*1,3-4H2,2H3;. The molecule has 3 nitrogen and oxygen atoms in total. The van der Waals surface area contributed by atoms with Gasteiger partial charge in [0.1, 0.15) is 0 Å². The van der Waals surface area contributed by atoms with Crippen LogP contribution in [-0.4, -0.2) is 59.4 Å². The van der Waals surface area contributed by atoms with Crippen molar-refractivity contribution in [3.63, 3.8) is 0 Å². The Bertz CT molecular complexity index is 338. The van der Waals surface area contributed by atoms with Crippen LogP contribution in [0.5, 0.6) is 0 Å². The molecular weight excluding hydrogens is 427 g/mol. The van der Waals surface area contributed by atoms with E-state index in [1.54, 1.807) is 4.90 Å². The Morgan fingerprint density at radius 1 is 0.731 bits per heavy atom. The molecule has 0 fully saturated rings. The van der Waals surface area contributed by atoms with Crippen LogP contribution in [0.25, 0.3) is 0 Å². The zero-order chi connectivity index (χ0) is 20.0. The summed E-state index contributed by atoms with van der Waals surface area (Å²) < 4.78 is 5.02. The van der Waals surface area contributed by atoms with Crippen molar-refractivity contribution < 1.29 is 4.79 Å². The molecule has 0 heterocycles. The van der Waals surface area contributed by atoms with Gasteiger partial charge in [-0.15, -0.1) is 0 Å². The third-order valence-corrected chi connectivity index (χ3v) is 23.5. The molecule has 0 saturated carbocycles. The number of carbonyl (C=O) groups excluding carboxylic acids is 1. The Labute approximate surface area is 169 Å². The van der Waals surface area contributed by atoms with E-state index < -0.39 is 18.4 Å². The number of hydrogen-bond acceptors (Lipinski definition) is 1. The first-order valence-corrected chi connectivity index (χ1v) is 19.0. The summed E-state index contributed by atoms with van der Waals surface area (Å²) in [5.41, 5.74) is 0. The van der Waals surface area contributed by atoms with Gasteiger partial charge in [-0.2, -0.15) is 0 Å². The molecule has 0 rings (SSSR count). The molecule has 0 N–H and O–H groups in total. The summed E-state index contributed by atoms with van der Waals surface area (Å²) in [5, 5.41) is 0. The number of carbonyl (C=O) groups is 1. The van der Waals surface area contributed by atoms with Crippen molar-refractivity contribution in [1.82, 2.24) is 9.80 Å². The third-order valence-electron chi connectivity index (χ3n) is 6.02. The zero-order valence-electron chi connectivity index (χ0n) is 19.1. The van der Waals surface area contributed by atoms with Gasteiger partial charge in [0.15, 0.2) is 0 Å².